The Balaban J connectivity index is 2.04. The van der Waals surface area contributed by atoms with E-state index in [4.69, 9.17) is 0 Å². The highest BCUT2D eigenvalue weighted by molar-refractivity contribution is 5.63. The molecule has 0 saturated heterocycles. The number of rotatable bonds is 5. The average molecular weight is 406 g/mol. The minimum Gasteiger partial charge on any atom is -0.368 e. The number of nitrogens with one attached hydrogen (secondary N) is 2. The van der Waals surface area contributed by atoms with Gasteiger partial charge in [0.2, 0.25) is 5.82 Å². The highest BCUT2D eigenvalue weighted by Gasteiger charge is 2.33. The third-order valence-electron chi connectivity index (χ3n) is 3.62. The van der Waals surface area contributed by atoms with Crippen molar-refractivity contribution >= 4 is 17.3 Å². The van der Waals surface area contributed by atoms with E-state index in [1.165, 1.54) is 12.1 Å². The quantitative estimate of drug-likeness (QED) is 0.583. The van der Waals surface area contributed by atoms with Crippen molar-refractivity contribution in [3.63, 3.8) is 0 Å². The van der Waals surface area contributed by atoms with Gasteiger partial charge in [-0.25, -0.2) is 24.3 Å². The largest absolute Gasteiger partial charge is 0.433 e. The van der Waals surface area contributed by atoms with Gasteiger partial charge in [0, 0.05) is 24.0 Å². The minimum absolute atomic E-state index is 0.00411. The number of aryl methyl sites for hydroxylation is 1. The zero-order valence-corrected chi connectivity index (χ0v) is 15.8. The molecular formula is C19H18F4N6. The molecule has 0 aliphatic rings. The Morgan fingerprint density at radius 3 is 2.31 bits per heavy atom. The molecule has 2 heterocycles. The molecule has 0 radical (unpaired) electrons. The molecule has 6 nitrogen and oxygen atoms in total. The molecule has 0 atom stereocenters. The summed E-state index contributed by atoms with van der Waals surface area (Å²) >= 11 is 0. The maximum atomic E-state index is 13.7. The predicted molar refractivity (Wildman–Crippen MR) is 101 cm³/mol. The van der Waals surface area contributed by atoms with Crippen LogP contribution in [-0.4, -0.2) is 26.0 Å². The second-order valence-electron chi connectivity index (χ2n) is 6.67. The molecule has 3 rings (SSSR count). The van der Waals surface area contributed by atoms with Gasteiger partial charge in [0.05, 0.1) is 0 Å². The van der Waals surface area contributed by atoms with Crippen molar-refractivity contribution in [3.8, 4) is 11.6 Å². The molecule has 0 spiro atoms. The smallest absolute Gasteiger partial charge is 0.368 e. The molecule has 152 valence electrons. The fourth-order valence-electron chi connectivity index (χ4n) is 2.56. The maximum absolute atomic E-state index is 13.7. The van der Waals surface area contributed by atoms with Crippen molar-refractivity contribution in [1.82, 2.24) is 19.9 Å². The maximum Gasteiger partial charge on any atom is 0.433 e. The van der Waals surface area contributed by atoms with Crippen molar-refractivity contribution < 1.29 is 17.6 Å². The summed E-state index contributed by atoms with van der Waals surface area (Å²) < 4.78 is 52.6. The number of hydrogen-bond donors (Lipinski definition) is 2. The van der Waals surface area contributed by atoms with Crippen molar-refractivity contribution in [2.75, 3.05) is 10.6 Å². The van der Waals surface area contributed by atoms with Crippen molar-refractivity contribution in [1.29, 1.82) is 0 Å². The van der Waals surface area contributed by atoms with Gasteiger partial charge in [-0.05, 0) is 50.6 Å². The Labute approximate surface area is 164 Å². The van der Waals surface area contributed by atoms with Crippen LogP contribution in [0.4, 0.5) is 34.9 Å². The first-order chi connectivity index (χ1) is 13.6. The molecular weight excluding hydrogens is 388 g/mol. The highest BCUT2D eigenvalue weighted by atomic mass is 19.4. The van der Waals surface area contributed by atoms with Gasteiger partial charge in [-0.15, -0.1) is 0 Å². The molecule has 1 aromatic carbocycles. The van der Waals surface area contributed by atoms with E-state index in [2.05, 4.69) is 30.6 Å². The summed E-state index contributed by atoms with van der Waals surface area (Å²) in [5.74, 6) is -0.183. The lowest BCUT2D eigenvalue weighted by Gasteiger charge is -2.14. The molecule has 0 unspecified atom stereocenters. The van der Waals surface area contributed by atoms with Crippen LogP contribution in [0.2, 0.25) is 0 Å². The Bertz CT molecular complexity index is 1000. The molecule has 0 aliphatic carbocycles. The summed E-state index contributed by atoms with van der Waals surface area (Å²) in [6, 6.07) is 6.71. The Kier molecular flexibility index (Phi) is 5.62. The monoisotopic (exact) mass is 406 g/mol. The second kappa shape index (κ2) is 7.98. The van der Waals surface area contributed by atoms with E-state index in [1.54, 1.807) is 19.1 Å². The van der Waals surface area contributed by atoms with Crippen LogP contribution >= 0.6 is 0 Å². The molecule has 0 amide bonds. The zero-order valence-electron chi connectivity index (χ0n) is 15.8. The first-order valence-corrected chi connectivity index (χ1v) is 8.70. The molecule has 2 N–H and O–H groups in total. The van der Waals surface area contributed by atoms with Gasteiger partial charge < -0.3 is 10.6 Å². The topological polar surface area (TPSA) is 75.6 Å². The van der Waals surface area contributed by atoms with E-state index >= 15 is 0 Å². The number of anilines is 3. The number of halogens is 4. The van der Waals surface area contributed by atoms with Crippen LogP contribution in [0.1, 0.15) is 25.1 Å². The van der Waals surface area contributed by atoms with Gasteiger partial charge in [0.15, 0.2) is 5.82 Å². The SMILES string of the molecule is Cc1cc(F)cc(Nc2cc(NC(C)C)nc(-c3nccc(C(F)(F)F)n3)n2)c1. The van der Waals surface area contributed by atoms with Gasteiger partial charge in [0.1, 0.15) is 23.1 Å². The van der Waals surface area contributed by atoms with E-state index in [0.717, 1.165) is 12.3 Å². The fourth-order valence-corrected chi connectivity index (χ4v) is 2.56. The van der Waals surface area contributed by atoms with E-state index in [-0.39, 0.29) is 23.5 Å². The van der Waals surface area contributed by atoms with E-state index in [9.17, 15) is 17.6 Å². The second-order valence-corrected chi connectivity index (χ2v) is 6.67. The predicted octanol–water partition coefficient (Wildman–Crippen LogP) is 4.96. The van der Waals surface area contributed by atoms with Crippen LogP contribution in [0.15, 0.2) is 36.5 Å². The normalized spacial score (nSPS) is 11.6. The van der Waals surface area contributed by atoms with E-state index in [0.29, 0.717) is 17.1 Å². The van der Waals surface area contributed by atoms with Gasteiger partial charge in [-0.3, -0.25) is 0 Å². The summed E-state index contributed by atoms with van der Waals surface area (Å²) in [5.41, 5.74) is 0.0414. The van der Waals surface area contributed by atoms with Crippen LogP contribution in [0.25, 0.3) is 11.6 Å². The molecule has 0 saturated carbocycles. The lowest BCUT2D eigenvalue weighted by molar-refractivity contribution is -0.141. The third-order valence-corrected chi connectivity index (χ3v) is 3.62. The molecule has 29 heavy (non-hydrogen) atoms. The van der Waals surface area contributed by atoms with Crippen molar-refractivity contribution in [2.45, 2.75) is 33.0 Å². The number of alkyl halides is 3. The lowest BCUT2D eigenvalue weighted by Crippen LogP contribution is -2.13. The number of aromatic nitrogens is 4. The number of nitrogens with zero attached hydrogens (tertiary/aromatic N) is 4. The van der Waals surface area contributed by atoms with E-state index in [1.807, 2.05) is 13.8 Å². The Hall–Kier alpha value is -3.30. The average Bonchev–Trinajstić information content (AvgIpc) is 2.59. The number of benzene rings is 1. The molecule has 3 aromatic rings. The third kappa shape index (κ3) is 5.37. The summed E-state index contributed by atoms with van der Waals surface area (Å²) in [6.07, 6.45) is -3.62. The summed E-state index contributed by atoms with van der Waals surface area (Å²) in [6.45, 7) is 5.50. The molecule has 0 fully saturated rings. The minimum atomic E-state index is -4.62. The van der Waals surface area contributed by atoms with Crippen LogP contribution in [0, 0.1) is 12.7 Å². The standard InChI is InChI=1S/C19H18F4N6/c1-10(2)25-15-9-16(26-13-7-11(3)6-12(20)8-13)29-18(28-15)17-24-5-4-14(27-17)19(21,22)23/h4-10H,1-3H3,(H2,25,26,28,29). The van der Waals surface area contributed by atoms with Crippen molar-refractivity contribution in [3.05, 3.63) is 53.6 Å². The molecule has 10 heteroatoms. The molecule has 0 aliphatic heterocycles. The fraction of sp³-hybridized carbons (Fsp3) is 0.263. The van der Waals surface area contributed by atoms with Crippen molar-refractivity contribution in [2.24, 2.45) is 0 Å². The van der Waals surface area contributed by atoms with Crippen LogP contribution < -0.4 is 10.6 Å². The Morgan fingerprint density at radius 2 is 1.66 bits per heavy atom. The molecule has 0 bridgehead atoms. The van der Waals surface area contributed by atoms with Gasteiger partial charge in [0.25, 0.3) is 0 Å². The Morgan fingerprint density at radius 1 is 0.931 bits per heavy atom. The van der Waals surface area contributed by atoms with Crippen LogP contribution in [-0.2, 0) is 6.18 Å². The first kappa shape index (κ1) is 20.4. The summed E-state index contributed by atoms with van der Waals surface area (Å²) in [4.78, 5) is 15.8. The highest BCUT2D eigenvalue weighted by Crippen LogP contribution is 2.29. The summed E-state index contributed by atoms with van der Waals surface area (Å²) in [7, 11) is 0. The van der Waals surface area contributed by atoms with Crippen LogP contribution in [0.3, 0.4) is 0 Å². The van der Waals surface area contributed by atoms with Gasteiger partial charge in [-0.2, -0.15) is 13.2 Å². The lowest BCUT2D eigenvalue weighted by atomic mass is 10.2. The van der Waals surface area contributed by atoms with Crippen LogP contribution in [0.5, 0.6) is 0 Å². The summed E-state index contributed by atoms with van der Waals surface area (Å²) in [5, 5.41) is 6.01. The first-order valence-electron chi connectivity index (χ1n) is 8.70. The van der Waals surface area contributed by atoms with Gasteiger partial charge in [-0.1, -0.05) is 0 Å². The molecule has 2 aromatic heterocycles. The van der Waals surface area contributed by atoms with E-state index < -0.39 is 17.7 Å². The zero-order chi connectivity index (χ0) is 21.2. The number of hydrogen-bond acceptors (Lipinski definition) is 6. The van der Waals surface area contributed by atoms with Gasteiger partial charge >= 0.3 is 6.18 Å².